The minimum Gasteiger partial charge on any atom is -0.350 e. The number of carbonyl (C=O) groups excluding carboxylic acids is 2. The van der Waals surface area contributed by atoms with Gasteiger partial charge in [0.05, 0.1) is 28.0 Å². The third kappa shape index (κ3) is 4.49. The summed E-state index contributed by atoms with van der Waals surface area (Å²) in [6.07, 6.45) is 0. The first-order valence-corrected chi connectivity index (χ1v) is 9.68. The molecule has 6 nitrogen and oxygen atoms in total. The summed E-state index contributed by atoms with van der Waals surface area (Å²) < 4.78 is 1.97. The molecule has 0 aliphatic heterocycles. The van der Waals surface area contributed by atoms with Crippen molar-refractivity contribution in [3.63, 3.8) is 0 Å². The zero-order chi connectivity index (χ0) is 19.4. The summed E-state index contributed by atoms with van der Waals surface area (Å²) in [5.74, 6) is -0.183. The number of para-hydroxylation sites is 3. The van der Waals surface area contributed by atoms with Crippen molar-refractivity contribution >= 4 is 40.3 Å². The van der Waals surface area contributed by atoms with Gasteiger partial charge in [-0.05, 0) is 38.1 Å². The van der Waals surface area contributed by atoms with E-state index in [1.165, 1.54) is 11.8 Å². The average Bonchev–Trinajstić information content (AvgIpc) is 2.96. The van der Waals surface area contributed by atoms with E-state index in [0.717, 1.165) is 16.2 Å². The van der Waals surface area contributed by atoms with Gasteiger partial charge in [-0.15, -0.1) is 0 Å². The Kier molecular flexibility index (Phi) is 5.81. The number of hydrogen-bond acceptors (Lipinski definition) is 4. The minimum atomic E-state index is -0.205. The molecule has 27 heavy (non-hydrogen) atoms. The van der Waals surface area contributed by atoms with Crippen molar-refractivity contribution in [2.24, 2.45) is 7.05 Å². The molecule has 1 heterocycles. The van der Waals surface area contributed by atoms with Crippen LogP contribution >= 0.6 is 11.8 Å². The van der Waals surface area contributed by atoms with Gasteiger partial charge < -0.3 is 15.2 Å². The largest absolute Gasteiger partial charge is 0.350 e. The summed E-state index contributed by atoms with van der Waals surface area (Å²) in [5, 5.41) is 6.45. The number of rotatable bonds is 6. The van der Waals surface area contributed by atoms with Gasteiger partial charge >= 0.3 is 0 Å². The molecule has 2 amide bonds. The van der Waals surface area contributed by atoms with Crippen LogP contribution < -0.4 is 10.6 Å². The molecule has 0 unspecified atom stereocenters. The summed E-state index contributed by atoms with van der Waals surface area (Å²) >= 11 is 1.36. The maximum atomic E-state index is 12.4. The fraction of sp³-hybridized carbons (Fsp3) is 0.250. The molecular weight excluding hydrogens is 360 g/mol. The van der Waals surface area contributed by atoms with Gasteiger partial charge in [0.1, 0.15) is 0 Å². The molecular formula is C20H22N4O2S. The lowest BCUT2D eigenvalue weighted by Crippen LogP contribution is -2.31. The molecule has 1 aromatic heterocycles. The normalized spacial score (nSPS) is 11.0. The molecule has 2 aromatic carbocycles. The van der Waals surface area contributed by atoms with Gasteiger partial charge in [-0.3, -0.25) is 9.59 Å². The van der Waals surface area contributed by atoms with E-state index in [4.69, 9.17) is 0 Å². The third-order valence-electron chi connectivity index (χ3n) is 3.94. The molecule has 0 spiro atoms. The number of fused-ring (bicyclic) bond motifs is 1. The highest BCUT2D eigenvalue weighted by Gasteiger charge is 2.15. The summed E-state index contributed by atoms with van der Waals surface area (Å²) in [5.41, 5.74) is 2.88. The number of carbonyl (C=O) groups is 2. The Morgan fingerprint density at radius 2 is 1.81 bits per heavy atom. The Morgan fingerprint density at radius 1 is 1.11 bits per heavy atom. The fourth-order valence-corrected chi connectivity index (χ4v) is 3.49. The predicted molar refractivity (Wildman–Crippen MR) is 109 cm³/mol. The Bertz CT molecular complexity index is 981. The lowest BCUT2D eigenvalue weighted by molar-refractivity contribution is -0.113. The van der Waals surface area contributed by atoms with Gasteiger partial charge in [0.15, 0.2) is 5.16 Å². The highest BCUT2D eigenvalue weighted by Crippen LogP contribution is 2.23. The summed E-state index contributed by atoms with van der Waals surface area (Å²) in [4.78, 5) is 29.3. The number of thioether (sulfide) groups is 1. The van der Waals surface area contributed by atoms with Crippen molar-refractivity contribution in [2.75, 3.05) is 11.1 Å². The zero-order valence-corrected chi connectivity index (χ0v) is 16.3. The molecule has 3 rings (SSSR count). The van der Waals surface area contributed by atoms with Crippen LogP contribution in [0.5, 0.6) is 0 Å². The van der Waals surface area contributed by atoms with Crippen LogP contribution in [0.15, 0.2) is 53.7 Å². The molecule has 0 fully saturated rings. The van der Waals surface area contributed by atoms with E-state index in [1.54, 1.807) is 24.3 Å². The number of imidazole rings is 1. The second kappa shape index (κ2) is 8.26. The van der Waals surface area contributed by atoms with Crippen molar-refractivity contribution in [1.29, 1.82) is 0 Å². The van der Waals surface area contributed by atoms with E-state index in [1.807, 2.05) is 49.7 Å². The molecule has 0 atom stereocenters. The van der Waals surface area contributed by atoms with Crippen molar-refractivity contribution < 1.29 is 9.59 Å². The third-order valence-corrected chi connectivity index (χ3v) is 4.97. The number of hydrogen-bond donors (Lipinski definition) is 2. The number of anilines is 1. The molecule has 0 aliphatic rings. The number of nitrogens with zero attached hydrogens (tertiary/aromatic N) is 2. The van der Waals surface area contributed by atoms with Crippen LogP contribution in [0.25, 0.3) is 11.0 Å². The van der Waals surface area contributed by atoms with Gasteiger partial charge in [0.25, 0.3) is 5.91 Å². The summed E-state index contributed by atoms with van der Waals surface area (Å²) in [6.45, 7) is 3.79. The van der Waals surface area contributed by atoms with Gasteiger partial charge in [-0.25, -0.2) is 4.98 Å². The molecule has 0 aliphatic carbocycles. The lowest BCUT2D eigenvalue weighted by atomic mass is 10.1. The highest BCUT2D eigenvalue weighted by atomic mass is 32.2. The van der Waals surface area contributed by atoms with Crippen LogP contribution in [0.4, 0.5) is 5.69 Å². The van der Waals surface area contributed by atoms with Crippen LogP contribution in [0.1, 0.15) is 24.2 Å². The van der Waals surface area contributed by atoms with E-state index < -0.39 is 0 Å². The van der Waals surface area contributed by atoms with E-state index in [-0.39, 0.29) is 23.6 Å². The smallest absolute Gasteiger partial charge is 0.253 e. The molecule has 0 saturated heterocycles. The van der Waals surface area contributed by atoms with E-state index in [0.29, 0.717) is 11.3 Å². The monoisotopic (exact) mass is 382 g/mol. The van der Waals surface area contributed by atoms with Crippen molar-refractivity contribution in [3.05, 3.63) is 54.1 Å². The number of nitrogens with one attached hydrogen (secondary N) is 2. The summed E-state index contributed by atoms with van der Waals surface area (Å²) in [7, 11) is 1.93. The van der Waals surface area contributed by atoms with Crippen molar-refractivity contribution in [3.8, 4) is 0 Å². The quantitative estimate of drug-likeness (QED) is 0.641. The lowest BCUT2D eigenvalue weighted by Gasteiger charge is -2.13. The molecule has 0 radical (unpaired) electrons. The SMILES string of the molecule is CC(C)NC(=O)c1ccccc1NC(=O)CSc1nc2ccccc2n1C. The first-order chi connectivity index (χ1) is 13.0. The molecule has 0 saturated carbocycles. The van der Waals surface area contributed by atoms with Crippen LogP contribution in [0, 0.1) is 0 Å². The Balaban J connectivity index is 1.67. The fourth-order valence-electron chi connectivity index (χ4n) is 2.70. The van der Waals surface area contributed by atoms with Gasteiger partial charge in [-0.2, -0.15) is 0 Å². The number of aryl methyl sites for hydroxylation is 1. The minimum absolute atomic E-state index is 0.0226. The van der Waals surface area contributed by atoms with E-state index in [9.17, 15) is 9.59 Å². The maximum Gasteiger partial charge on any atom is 0.253 e. The standard InChI is InChI=1S/C20H22N4O2S/c1-13(2)21-19(26)14-8-4-5-9-15(14)22-18(25)12-27-20-23-16-10-6-7-11-17(16)24(20)3/h4-11,13H,12H2,1-3H3,(H,21,26)(H,22,25). The van der Waals surface area contributed by atoms with Gasteiger partial charge in [0.2, 0.25) is 5.91 Å². The van der Waals surface area contributed by atoms with E-state index in [2.05, 4.69) is 15.6 Å². The molecule has 140 valence electrons. The van der Waals surface area contributed by atoms with Crippen LogP contribution in [0.3, 0.4) is 0 Å². The average molecular weight is 382 g/mol. The Hall–Kier alpha value is -2.80. The van der Waals surface area contributed by atoms with E-state index >= 15 is 0 Å². The van der Waals surface area contributed by atoms with Gasteiger partial charge in [0, 0.05) is 13.1 Å². The van der Waals surface area contributed by atoms with Gasteiger partial charge in [-0.1, -0.05) is 36.0 Å². The molecule has 3 aromatic rings. The second-order valence-electron chi connectivity index (χ2n) is 6.45. The summed E-state index contributed by atoms with van der Waals surface area (Å²) in [6, 6.07) is 14.9. The first-order valence-electron chi connectivity index (χ1n) is 8.69. The first kappa shape index (κ1) is 19.0. The highest BCUT2D eigenvalue weighted by molar-refractivity contribution is 7.99. The van der Waals surface area contributed by atoms with Crippen LogP contribution in [-0.2, 0) is 11.8 Å². The Morgan fingerprint density at radius 3 is 2.56 bits per heavy atom. The topological polar surface area (TPSA) is 76.0 Å². The molecule has 7 heteroatoms. The maximum absolute atomic E-state index is 12.4. The van der Waals surface area contributed by atoms with Crippen molar-refractivity contribution in [2.45, 2.75) is 25.0 Å². The number of aromatic nitrogens is 2. The molecule has 0 bridgehead atoms. The van der Waals surface area contributed by atoms with Crippen molar-refractivity contribution in [1.82, 2.24) is 14.9 Å². The predicted octanol–water partition coefficient (Wildman–Crippen LogP) is 3.44. The second-order valence-corrected chi connectivity index (χ2v) is 7.40. The van der Waals surface area contributed by atoms with Crippen LogP contribution in [0.2, 0.25) is 0 Å². The zero-order valence-electron chi connectivity index (χ0n) is 15.5. The molecule has 2 N–H and O–H groups in total. The number of benzene rings is 2. The van der Waals surface area contributed by atoms with Crippen LogP contribution in [-0.4, -0.2) is 33.2 Å². The number of amides is 2. The Labute approximate surface area is 162 Å².